The predicted octanol–water partition coefficient (Wildman–Crippen LogP) is 5.66. The van der Waals surface area contributed by atoms with Crippen LogP contribution < -0.4 is 0 Å². The van der Waals surface area contributed by atoms with Crippen molar-refractivity contribution in [1.82, 2.24) is 0 Å². The predicted molar refractivity (Wildman–Crippen MR) is 80.7 cm³/mol. The van der Waals surface area contributed by atoms with Crippen LogP contribution >= 0.6 is 0 Å². The maximum Gasteiger partial charge on any atom is 0.258 e. The largest absolute Gasteiger partial charge is 0.543 e. The van der Waals surface area contributed by atoms with Gasteiger partial charge in [-0.05, 0) is 42.6 Å². The summed E-state index contributed by atoms with van der Waals surface area (Å²) >= 11 is 0. The van der Waals surface area contributed by atoms with E-state index in [1.807, 2.05) is 6.92 Å². The third-order valence-electron chi connectivity index (χ3n) is 3.62. The van der Waals surface area contributed by atoms with Gasteiger partial charge in [0, 0.05) is 0 Å². The molecule has 0 unspecified atom stereocenters. The van der Waals surface area contributed by atoms with Crippen LogP contribution in [0.25, 0.3) is 0 Å². The van der Waals surface area contributed by atoms with E-state index in [2.05, 4.69) is 66.7 Å². The van der Waals surface area contributed by atoms with E-state index in [1.165, 1.54) is 0 Å². The lowest BCUT2D eigenvalue weighted by Crippen LogP contribution is -2.47. The Bertz CT molecular complexity index is 253. The molecule has 0 spiro atoms. The molecule has 0 bridgehead atoms. The molecule has 0 aliphatic rings. The molecule has 100 valence electrons. The lowest BCUT2D eigenvalue weighted by molar-refractivity contribution is 0.386. The molecule has 0 heterocycles. The second-order valence-electron chi connectivity index (χ2n) is 5.61. The monoisotopic (exact) mass is 254 g/mol. The maximum absolute atomic E-state index is 6.53. The summed E-state index contributed by atoms with van der Waals surface area (Å²) in [7, 11) is -1.77. The van der Waals surface area contributed by atoms with Crippen LogP contribution in [0, 0.1) is 0 Å². The van der Waals surface area contributed by atoms with Gasteiger partial charge in [0.25, 0.3) is 8.32 Å². The van der Waals surface area contributed by atoms with Crippen LogP contribution in [0.3, 0.4) is 0 Å². The lowest BCUT2D eigenvalue weighted by atomic mass is 10.4. The summed E-state index contributed by atoms with van der Waals surface area (Å²) < 4.78 is 6.53. The van der Waals surface area contributed by atoms with E-state index in [1.54, 1.807) is 0 Å². The second kappa shape index (κ2) is 7.05. The van der Waals surface area contributed by atoms with E-state index in [4.69, 9.17) is 4.43 Å². The van der Waals surface area contributed by atoms with Gasteiger partial charge in [0.15, 0.2) is 0 Å². The quantitative estimate of drug-likeness (QED) is 0.338. The molecule has 0 saturated carbocycles. The number of hydrogen-bond donors (Lipinski definition) is 0. The van der Waals surface area contributed by atoms with Gasteiger partial charge in [0.1, 0.15) is 0 Å². The zero-order valence-electron chi connectivity index (χ0n) is 12.9. The van der Waals surface area contributed by atoms with Gasteiger partial charge in [-0.3, -0.25) is 0 Å². The van der Waals surface area contributed by atoms with Gasteiger partial charge >= 0.3 is 0 Å². The first-order valence-electron chi connectivity index (χ1n) is 6.80. The van der Waals surface area contributed by atoms with Crippen molar-refractivity contribution in [1.29, 1.82) is 0 Å². The van der Waals surface area contributed by atoms with Crippen molar-refractivity contribution in [2.45, 2.75) is 72.0 Å². The fourth-order valence-electron chi connectivity index (χ4n) is 2.91. The minimum Gasteiger partial charge on any atom is -0.543 e. The molecule has 0 aliphatic heterocycles. The topological polar surface area (TPSA) is 9.23 Å². The SMILES string of the molecule is CC=CC(=CC)O[Si](C(C)C)(C(C)C)C(C)C. The van der Waals surface area contributed by atoms with Crippen molar-refractivity contribution >= 4 is 8.32 Å². The van der Waals surface area contributed by atoms with Crippen molar-refractivity contribution < 1.29 is 4.43 Å². The minimum absolute atomic E-state index is 0.628. The first kappa shape index (κ1) is 16.5. The molecule has 0 N–H and O–H groups in total. The molecule has 1 nitrogen and oxygen atoms in total. The average molecular weight is 254 g/mol. The Morgan fingerprint density at radius 2 is 1.29 bits per heavy atom. The molecule has 0 radical (unpaired) electrons. The Morgan fingerprint density at radius 3 is 1.53 bits per heavy atom. The van der Waals surface area contributed by atoms with E-state index in [9.17, 15) is 0 Å². The molecule has 0 amide bonds. The van der Waals surface area contributed by atoms with Gasteiger partial charge < -0.3 is 4.43 Å². The highest BCUT2D eigenvalue weighted by atomic mass is 28.4. The van der Waals surface area contributed by atoms with Gasteiger partial charge in [0.05, 0.1) is 5.76 Å². The highest BCUT2D eigenvalue weighted by molar-refractivity contribution is 6.77. The van der Waals surface area contributed by atoms with Crippen molar-refractivity contribution in [2.75, 3.05) is 0 Å². The van der Waals surface area contributed by atoms with Crippen LogP contribution in [0.2, 0.25) is 16.6 Å². The highest BCUT2D eigenvalue weighted by Crippen LogP contribution is 2.43. The van der Waals surface area contributed by atoms with Crippen LogP contribution in [0.5, 0.6) is 0 Å². The first-order valence-corrected chi connectivity index (χ1v) is 8.94. The van der Waals surface area contributed by atoms with Crippen LogP contribution in [0.1, 0.15) is 55.4 Å². The third-order valence-corrected chi connectivity index (χ3v) is 9.62. The van der Waals surface area contributed by atoms with Crippen LogP contribution in [-0.4, -0.2) is 8.32 Å². The maximum atomic E-state index is 6.53. The molecule has 0 fully saturated rings. The van der Waals surface area contributed by atoms with Crippen LogP contribution in [-0.2, 0) is 4.43 Å². The second-order valence-corrected chi connectivity index (χ2v) is 11.0. The molecule has 2 heteroatoms. The molecule has 0 rings (SSSR count). The Labute approximate surface area is 109 Å². The summed E-state index contributed by atoms with van der Waals surface area (Å²) in [6.45, 7) is 18.0. The zero-order chi connectivity index (χ0) is 13.6. The smallest absolute Gasteiger partial charge is 0.258 e. The normalized spacial score (nSPS) is 14.4. The van der Waals surface area contributed by atoms with E-state index in [-0.39, 0.29) is 0 Å². The van der Waals surface area contributed by atoms with E-state index >= 15 is 0 Å². The summed E-state index contributed by atoms with van der Waals surface area (Å²) in [6, 6.07) is 0. The molecule has 0 saturated heterocycles. The van der Waals surface area contributed by atoms with Crippen molar-refractivity contribution in [3.05, 3.63) is 24.0 Å². The fourth-order valence-corrected chi connectivity index (χ4v) is 8.21. The average Bonchev–Trinajstić information content (AvgIpc) is 2.22. The minimum atomic E-state index is -1.77. The summed E-state index contributed by atoms with van der Waals surface area (Å²) in [4.78, 5) is 0. The molecule has 0 aromatic rings. The van der Waals surface area contributed by atoms with E-state index in [0.29, 0.717) is 16.6 Å². The molecule has 0 aromatic carbocycles. The molecule has 0 aromatic heterocycles. The standard InChI is InChI=1S/C15H30OSi/c1-9-11-15(10-2)16-17(12(3)4,13(5)6)14(7)8/h9-14H,1-8H3. The zero-order valence-corrected chi connectivity index (χ0v) is 13.9. The van der Waals surface area contributed by atoms with Gasteiger partial charge in [-0.1, -0.05) is 47.6 Å². The molecule has 0 aliphatic carbocycles. The van der Waals surface area contributed by atoms with Gasteiger partial charge in [-0.2, -0.15) is 0 Å². The third kappa shape index (κ3) is 3.73. The van der Waals surface area contributed by atoms with Gasteiger partial charge in [-0.25, -0.2) is 0 Å². The van der Waals surface area contributed by atoms with Crippen LogP contribution in [0.15, 0.2) is 24.0 Å². The number of rotatable bonds is 6. The Hall–Kier alpha value is -0.503. The van der Waals surface area contributed by atoms with E-state index < -0.39 is 8.32 Å². The van der Waals surface area contributed by atoms with Crippen molar-refractivity contribution in [2.24, 2.45) is 0 Å². The number of allylic oxidation sites excluding steroid dienone is 3. The Kier molecular flexibility index (Phi) is 6.84. The van der Waals surface area contributed by atoms with Crippen molar-refractivity contribution in [3.63, 3.8) is 0 Å². The van der Waals surface area contributed by atoms with Crippen LogP contribution in [0.4, 0.5) is 0 Å². The number of hydrogen-bond acceptors (Lipinski definition) is 1. The van der Waals surface area contributed by atoms with Crippen molar-refractivity contribution in [3.8, 4) is 0 Å². The lowest BCUT2D eigenvalue weighted by Gasteiger charge is -2.42. The fraction of sp³-hybridized carbons (Fsp3) is 0.733. The van der Waals surface area contributed by atoms with Gasteiger partial charge in [-0.15, -0.1) is 0 Å². The molecular formula is C15H30OSi. The summed E-state index contributed by atoms with van der Waals surface area (Å²) in [5.74, 6) is 1.04. The highest BCUT2D eigenvalue weighted by Gasteiger charge is 2.46. The molecule has 0 atom stereocenters. The molecule has 17 heavy (non-hydrogen) atoms. The van der Waals surface area contributed by atoms with Gasteiger partial charge in [0.2, 0.25) is 0 Å². The summed E-state index contributed by atoms with van der Waals surface area (Å²) in [5.41, 5.74) is 1.88. The Balaban J connectivity index is 5.32. The van der Waals surface area contributed by atoms with E-state index in [0.717, 1.165) is 5.76 Å². The summed E-state index contributed by atoms with van der Waals surface area (Å²) in [6.07, 6.45) is 6.21. The Morgan fingerprint density at radius 1 is 0.882 bits per heavy atom. The molecular weight excluding hydrogens is 224 g/mol. The summed E-state index contributed by atoms with van der Waals surface area (Å²) in [5, 5.41) is 0. The first-order chi connectivity index (χ1) is 7.82.